The molecule has 0 fully saturated rings. The zero-order chi connectivity index (χ0) is 11.8. The number of hydrogen-bond acceptors (Lipinski definition) is 3. The van der Waals surface area contributed by atoms with Crippen LogP contribution in [-0.2, 0) is 6.54 Å². The van der Waals surface area contributed by atoms with Crippen LogP contribution in [0.2, 0.25) is 0 Å². The van der Waals surface area contributed by atoms with Crippen molar-refractivity contribution in [2.75, 3.05) is 0 Å². The fourth-order valence-corrected chi connectivity index (χ4v) is 2.22. The highest BCUT2D eigenvalue weighted by Crippen LogP contribution is 2.18. The van der Waals surface area contributed by atoms with Gasteiger partial charge in [0.05, 0.1) is 35.1 Å². The largest absolute Gasteiger partial charge is 0.324 e. The third-order valence-electron chi connectivity index (χ3n) is 2.48. The van der Waals surface area contributed by atoms with Crippen LogP contribution in [0, 0.1) is 11.6 Å². The number of fused-ring (bicyclic) bond motifs is 1. The third-order valence-corrected chi connectivity index (χ3v) is 3.11. The molecule has 0 aliphatic carbocycles. The van der Waals surface area contributed by atoms with Gasteiger partial charge in [0.2, 0.25) is 0 Å². The fraction of sp³-hybridized carbons (Fsp3) is 0.0909. The second-order valence-corrected chi connectivity index (χ2v) is 4.33. The van der Waals surface area contributed by atoms with Gasteiger partial charge >= 0.3 is 0 Å². The van der Waals surface area contributed by atoms with Crippen molar-refractivity contribution in [2.45, 2.75) is 6.54 Å². The van der Waals surface area contributed by atoms with E-state index in [2.05, 4.69) is 9.97 Å². The molecule has 0 amide bonds. The second-order valence-electron chi connectivity index (χ2n) is 3.61. The number of imidazole rings is 1. The Hall–Kier alpha value is -1.82. The van der Waals surface area contributed by atoms with E-state index in [-0.39, 0.29) is 0 Å². The summed E-state index contributed by atoms with van der Waals surface area (Å²) in [7, 11) is 0. The lowest BCUT2D eigenvalue weighted by Crippen LogP contribution is -1.98. The van der Waals surface area contributed by atoms with Crippen molar-refractivity contribution in [3.05, 3.63) is 46.7 Å². The molecule has 0 atom stereocenters. The Morgan fingerprint density at radius 2 is 2.00 bits per heavy atom. The Labute approximate surface area is 99.4 Å². The Kier molecular flexibility index (Phi) is 2.36. The van der Waals surface area contributed by atoms with Crippen molar-refractivity contribution in [2.24, 2.45) is 0 Å². The fourth-order valence-electron chi connectivity index (χ4n) is 1.67. The minimum atomic E-state index is -0.878. The topological polar surface area (TPSA) is 30.7 Å². The number of nitrogens with zero attached hydrogens (tertiary/aromatic N) is 3. The van der Waals surface area contributed by atoms with Gasteiger partial charge in [0, 0.05) is 17.5 Å². The molecule has 0 N–H and O–H groups in total. The van der Waals surface area contributed by atoms with Crippen molar-refractivity contribution in [3.8, 4) is 0 Å². The number of benzene rings is 1. The summed E-state index contributed by atoms with van der Waals surface area (Å²) in [5, 5.41) is 1.91. The van der Waals surface area contributed by atoms with Gasteiger partial charge in [-0.15, -0.1) is 11.3 Å². The molecule has 0 saturated heterocycles. The van der Waals surface area contributed by atoms with Crippen molar-refractivity contribution in [1.82, 2.24) is 14.5 Å². The molecular weight excluding hydrogens is 244 g/mol. The van der Waals surface area contributed by atoms with E-state index in [0.29, 0.717) is 17.6 Å². The van der Waals surface area contributed by atoms with Gasteiger partial charge < -0.3 is 4.57 Å². The molecule has 0 saturated carbocycles. The van der Waals surface area contributed by atoms with E-state index < -0.39 is 11.6 Å². The molecule has 1 aromatic carbocycles. The van der Waals surface area contributed by atoms with Crippen LogP contribution in [0.15, 0.2) is 29.4 Å². The second kappa shape index (κ2) is 3.89. The highest BCUT2D eigenvalue weighted by Gasteiger charge is 2.09. The van der Waals surface area contributed by atoms with Gasteiger partial charge in [-0.3, -0.25) is 0 Å². The SMILES string of the molecule is Fc1cc2ncn(Cc3cscn3)c2cc1F. The molecule has 3 aromatic rings. The Morgan fingerprint density at radius 3 is 2.76 bits per heavy atom. The molecule has 3 rings (SSSR count). The number of halogens is 2. The normalized spacial score (nSPS) is 11.2. The van der Waals surface area contributed by atoms with E-state index in [1.54, 1.807) is 16.4 Å². The van der Waals surface area contributed by atoms with Gasteiger partial charge in [-0.1, -0.05) is 0 Å². The molecule has 86 valence electrons. The first-order valence-corrected chi connectivity index (χ1v) is 5.85. The Balaban J connectivity index is 2.08. The van der Waals surface area contributed by atoms with E-state index in [1.807, 2.05) is 5.38 Å². The van der Waals surface area contributed by atoms with E-state index >= 15 is 0 Å². The monoisotopic (exact) mass is 251 g/mol. The van der Waals surface area contributed by atoms with E-state index in [9.17, 15) is 8.78 Å². The van der Waals surface area contributed by atoms with E-state index in [4.69, 9.17) is 0 Å². The molecule has 2 aromatic heterocycles. The van der Waals surface area contributed by atoms with Gasteiger partial charge in [-0.25, -0.2) is 18.7 Å². The van der Waals surface area contributed by atoms with E-state index in [0.717, 1.165) is 17.8 Å². The Bertz CT molecular complexity index is 661. The molecule has 0 radical (unpaired) electrons. The van der Waals surface area contributed by atoms with E-state index in [1.165, 1.54) is 11.3 Å². The maximum absolute atomic E-state index is 13.2. The number of thiazole rings is 1. The lowest BCUT2D eigenvalue weighted by Gasteiger charge is -2.01. The third kappa shape index (κ3) is 1.80. The van der Waals surface area contributed by atoms with Crippen LogP contribution >= 0.6 is 11.3 Å². The van der Waals surface area contributed by atoms with Crippen LogP contribution in [0.4, 0.5) is 8.78 Å². The summed E-state index contributed by atoms with van der Waals surface area (Å²) >= 11 is 1.49. The van der Waals surface area contributed by atoms with Gasteiger partial charge in [0.15, 0.2) is 11.6 Å². The lowest BCUT2D eigenvalue weighted by molar-refractivity contribution is 0.510. The molecule has 2 heterocycles. The molecule has 3 nitrogen and oxygen atoms in total. The zero-order valence-electron chi connectivity index (χ0n) is 8.60. The number of rotatable bonds is 2. The van der Waals surface area contributed by atoms with Crippen LogP contribution in [0.3, 0.4) is 0 Å². The molecule has 6 heteroatoms. The summed E-state index contributed by atoms with van der Waals surface area (Å²) in [6.45, 7) is 0.505. The van der Waals surface area contributed by atoms with Gasteiger partial charge in [-0.2, -0.15) is 0 Å². The van der Waals surface area contributed by atoms with Crippen LogP contribution < -0.4 is 0 Å². The van der Waals surface area contributed by atoms with Gasteiger partial charge in [-0.05, 0) is 0 Å². The van der Waals surface area contributed by atoms with Crippen molar-refractivity contribution in [1.29, 1.82) is 0 Å². The van der Waals surface area contributed by atoms with Crippen LogP contribution in [0.25, 0.3) is 11.0 Å². The summed E-state index contributed by atoms with van der Waals surface area (Å²) in [6, 6.07) is 2.26. The van der Waals surface area contributed by atoms with Crippen molar-refractivity contribution >= 4 is 22.4 Å². The lowest BCUT2D eigenvalue weighted by atomic mass is 10.3. The molecule has 0 spiro atoms. The Morgan fingerprint density at radius 1 is 1.18 bits per heavy atom. The maximum Gasteiger partial charge on any atom is 0.161 e. The first kappa shape index (κ1) is 10.3. The van der Waals surface area contributed by atoms with Crippen molar-refractivity contribution in [3.63, 3.8) is 0 Å². The van der Waals surface area contributed by atoms with Crippen LogP contribution in [-0.4, -0.2) is 14.5 Å². The molecule has 0 aliphatic rings. The predicted molar refractivity (Wildman–Crippen MR) is 60.9 cm³/mol. The summed E-state index contributed by atoms with van der Waals surface area (Å²) < 4.78 is 27.9. The average Bonchev–Trinajstić information content (AvgIpc) is 2.92. The molecule has 0 bridgehead atoms. The summed E-state index contributed by atoms with van der Waals surface area (Å²) in [4.78, 5) is 8.17. The first-order valence-electron chi connectivity index (χ1n) is 4.91. The first-order chi connectivity index (χ1) is 8.24. The number of hydrogen-bond donors (Lipinski definition) is 0. The summed E-state index contributed by atoms with van der Waals surface area (Å²) in [5.41, 5.74) is 3.62. The molecule has 17 heavy (non-hydrogen) atoms. The summed E-state index contributed by atoms with van der Waals surface area (Å²) in [5.74, 6) is -1.74. The maximum atomic E-state index is 13.2. The standard InChI is InChI=1S/C11H7F2N3S/c12-8-1-10-11(2-9(8)13)16(5-14-10)3-7-4-17-6-15-7/h1-2,4-6H,3H2. The minimum Gasteiger partial charge on any atom is -0.324 e. The summed E-state index contributed by atoms with van der Waals surface area (Å²) in [6.07, 6.45) is 1.56. The van der Waals surface area contributed by atoms with Gasteiger partial charge in [0.25, 0.3) is 0 Å². The predicted octanol–water partition coefficient (Wildman–Crippen LogP) is 2.82. The number of aromatic nitrogens is 3. The highest BCUT2D eigenvalue weighted by molar-refractivity contribution is 7.07. The molecule has 0 aliphatic heterocycles. The van der Waals surface area contributed by atoms with Crippen LogP contribution in [0.1, 0.15) is 5.69 Å². The highest BCUT2D eigenvalue weighted by atomic mass is 32.1. The van der Waals surface area contributed by atoms with Crippen molar-refractivity contribution < 1.29 is 8.78 Å². The smallest absolute Gasteiger partial charge is 0.161 e. The minimum absolute atomic E-state index is 0.444. The van der Waals surface area contributed by atoms with Crippen LogP contribution in [0.5, 0.6) is 0 Å². The quantitative estimate of drug-likeness (QED) is 0.701. The van der Waals surface area contributed by atoms with Gasteiger partial charge in [0.1, 0.15) is 0 Å². The molecular formula is C11H7F2N3S. The molecule has 0 unspecified atom stereocenters. The average molecular weight is 251 g/mol. The zero-order valence-corrected chi connectivity index (χ0v) is 9.42.